The van der Waals surface area contributed by atoms with Gasteiger partial charge in [0.05, 0.1) is 12.7 Å². The Balaban J connectivity index is 1.60. The first-order valence-corrected chi connectivity index (χ1v) is 9.84. The SMILES string of the molecule is CCc1ccc(-c2ccccc2COC2CCN(C(C)C(=O)O)CC2)cc1. The van der Waals surface area contributed by atoms with E-state index >= 15 is 0 Å². The number of nitrogens with zero attached hydrogens (tertiary/aromatic N) is 1. The molecule has 4 heteroatoms. The van der Waals surface area contributed by atoms with Gasteiger partial charge in [-0.15, -0.1) is 0 Å². The van der Waals surface area contributed by atoms with Gasteiger partial charge in [0.2, 0.25) is 0 Å². The highest BCUT2D eigenvalue weighted by Gasteiger charge is 2.26. The Morgan fingerprint density at radius 1 is 1.15 bits per heavy atom. The highest BCUT2D eigenvalue weighted by molar-refractivity contribution is 5.72. The lowest BCUT2D eigenvalue weighted by molar-refractivity contribution is -0.143. The topological polar surface area (TPSA) is 49.8 Å². The van der Waals surface area contributed by atoms with Crippen molar-refractivity contribution in [3.8, 4) is 11.1 Å². The van der Waals surface area contributed by atoms with Crippen molar-refractivity contribution < 1.29 is 14.6 Å². The number of aryl methyl sites for hydroxylation is 1. The molecule has 0 amide bonds. The largest absolute Gasteiger partial charge is 0.480 e. The molecular weight excluding hydrogens is 338 g/mol. The zero-order valence-corrected chi connectivity index (χ0v) is 16.2. The number of hydrogen-bond donors (Lipinski definition) is 1. The van der Waals surface area contributed by atoms with Gasteiger partial charge in [-0.25, -0.2) is 0 Å². The summed E-state index contributed by atoms with van der Waals surface area (Å²) in [5, 5.41) is 9.15. The summed E-state index contributed by atoms with van der Waals surface area (Å²) in [7, 11) is 0. The van der Waals surface area contributed by atoms with Gasteiger partial charge >= 0.3 is 5.97 Å². The second-order valence-electron chi connectivity index (χ2n) is 7.27. The number of carbonyl (C=O) groups is 1. The van der Waals surface area contributed by atoms with E-state index in [1.807, 2.05) is 4.90 Å². The Hall–Kier alpha value is -2.17. The van der Waals surface area contributed by atoms with Gasteiger partial charge in [-0.1, -0.05) is 55.5 Å². The lowest BCUT2D eigenvalue weighted by Gasteiger charge is -2.34. The maximum absolute atomic E-state index is 11.1. The van der Waals surface area contributed by atoms with Crippen molar-refractivity contribution in [2.24, 2.45) is 0 Å². The molecular formula is C23H29NO3. The molecule has 1 saturated heterocycles. The zero-order chi connectivity index (χ0) is 19.2. The standard InChI is InChI=1S/C23H29NO3/c1-3-18-8-10-19(11-9-18)22-7-5-4-6-20(22)16-27-21-12-14-24(15-13-21)17(2)23(25)26/h4-11,17,21H,3,12-16H2,1-2H3,(H,25,26). The van der Waals surface area contributed by atoms with E-state index < -0.39 is 12.0 Å². The van der Waals surface area contributed by atoms with Crippen LogP contribution >= 0.6 is 0 Å². The number of benzene rings is 2. The molecule has 0 aromatic heterocycles. The van der Waals surface area contributed by atoms with E-state index in [0.29, 0.717) is 6.61 Å². The van der Waals surface area contributed by atoms with Crippen molar-refractivity contribution in [3.05, 3.63) is 59.7 Å². The van der Waals surface area contributed by atoms with Crippen LogP contribution in [0.3, 0.4) is 0 Å². The Morgan fingerprint density at radius 3 is 2.44 bits per heavy atom. The maximum atomic E-state index is 11.1. The molecule has 1 atom stereocenters. The van der Waals surface area contributed by atoms with E-state index in [1.54, 1.807) is 6.92 Å². The molecule has 1 aliphatic rings. The molecule has 1 fully saturated rings. The minimum atomic E-state index is -0.752. The van der Waals surface area contributed by atoms with Crippen LogP contribution in [0, 0.1) is 0 Å². The fourth-order valence-corrected chi connectivity index (χ4v) is 3.64. The van der Waals surface area contributed by atoms with Crippen LogP contribution in [0.5, 0.6) is 0 Å². The highest BCUT2D eigenvalue weighted by Crippen LogP contribution is 2.26. The van der Waals surface area contributed by atoms with E-state index in [9.17, 15) is 4.79 Å². The van der Waals surface area contributed by atoms with Crippen molar-refractivity contribution in [1.29, 1.82) is 0 Å². The van der Waals surface area contributed by atoms with Gasteiger partial charge in [0.15, 0.2) is 0 Å². The number of carboxylic acid groups (broad SMARTS) is 1. The third-order valence-electron chi connectivity index (χ3n) is 5.55. The second-order valence-corrected chi connectivity index (χ2v) is 7.27. The van der Waals surface area contributed by atoms with E-state index in [0.717, 1.165) is 32.4 Å². The van der Waals surface area contributed by atoms with Crippen LogP contribution in [0.4, 0.5) is 0 Å². The Kier molecular flexibility index (Phi) is 6.64. The van der Waals surface area contributed by atoms with Gasteiger partial charge < -0.3 is 9.84 Å². The summed E-state index contributed by atoms with van der Waals surface area (Å²) in [6.07, 6.45) is 3.00. The van der Waals surface area contributed by atoms with Crippen molar-refractivity contribution in [3.63, 3.8) is 0 Å². The van der Waals surface area contributed by atoms with Gasteiger partial charge in [-0.05, 0) is 48.4 Å². The van der Waals surface area contributed by atoms with Crippen LogP contribution in [0.1, 0.15) is 37.8 Å². The van der Waals surface area contributed by atoms with Gasteiger partial charge in [0.1, 0.15) is 6.04 Å². The van der Waals surface area contributed by atoms with E-state index in [2.05, 4.69) is 55.5 Å². The summed E-state index contributed by atoms with van der Waals surface area (Å²) >= 11 is 0. The first-order valence-electron chi connectivity index (χ1n) is 9.84. The number of rotatable bonds is 7. The predicted octanol–water partition coefficient (Wildman–Crippen LogP) is 4.37. The monoisotopic (exact) mass is 367 g/mol. The van der Waals surface area contributed by atoms with Crippen LogP contribution in [-0.2, 0) is 22.6 Å². The predicted molar refractivity (Wildman–Crippen MR) is 108 cm³/mol. The lowest BCUT2D eigenvalue weighted by atomic mass is 9.98. The number of ether oxygens (including phenoxy) is 1. The number of hydrogen-bond acceptors (Lipinski definition) is 3. The summed E-state index contributed by atoms with van der Waals surface area (Å²) in [5.41, 5.74) is 4.98. The summed E-state index contributed by atoms with van der Waals surface area (Å²) in [6, 6.07) is 16.7. The van der Waals surface area contributed by atoms with Crippen LogP contribution in [0.25, 0.3) is 11.1 Å². The number of likely N-dealkylation sites (tertiary alicyclic amines) is 1. The quantitative estimate of drug-likeness (QED) is 0.789. The Morgan fingerprint density at radius 2 is 1.81 bits per heavy atom. The van der Waals surface area contributed by atoms with E-state index in [4.69, 9.17) is 9.84 Å². The molecule has 4 nitrogen and oxygen atoms in total. The maximum Gasteiger partial charge on any atom is 0.320 e. The molecule has 27 heavy (non-hydrogen) atoms. The van der Waals surface area contributed by atoms with Crippen molar-refractivity contribution in [1.82, 2.24) is 4.90 Å². The fraction of sp³-hybridized carbons (Fsp3) is 0.435. The minimum Gasteiger partial charge on any atom is -0.480 e. The Bertz CT molecular complexity index is 748. The van der Waals surface area contributed by atoms with Gasteiger partial charge in [-0.3, -0.25) is 9.69 Å². The smallest absolute Gasteiger partial charge is 0.320 e. The molecule has 0 aliphatic carbocycles. The lowest BCUT2D eigenvalue weighted by Crippen LogP contribution is -2.45. The van der Waals surface area contributed by atoms with Gasteiger partial charge in [0, 0.05) is 13.1 Å². The summed E-state index contributed by atoms with van der Waals surface area (Å²) in [6.45, 7) is 6.06. The normalized spacial score (nSPS) is 17.0. The van der Waals surface area contributed by atoms with Crippen LogP contribution < -0.4 is 0 Å². The molecule has 0 saturated carbocycles. The van der Waals surface area contributed by atoms with Crippen LogP contribution in [-0.4, -0.2) is 41.2 Å². The highest BCUT2D eigenvalue weighted by atomic mass is 16.5. The summed E-state index contributed by atoms with van der Waals surface area (Å²) in [4.78, 5) is 13.1. The van der Waals surface area contributed by atoms with Gasteiger partial charge in [0.25, 0.3) is 0 Å². The fourth-order valence-electron chi connectivity index (χ4n) is 3.64. The van der Waals surface area contributed by atoms with Crippen LogP contribution in [0.15, 0.2) is 48.5 Å². The van der Waals surface area contributed by atoms with Crippen LogP contribution in [0.2, 0.25) is 0 Å². The molecule has 1 unspecified atom stereocenters. The first kappa shape index (κ1) is 19.6. The second kappa shape index (κ2) is 9.16. The molecule has 2 aromatic rings. The molecule has 0 radical (unpaired) electrons. The minimum absolute atomic E-state index is 0.192. The Labute approximate surface area is 161 Å². The molecule has 2 aromatic carbocycles. The number of carboxylic acids is 1. The van der Waals surface area contributed by atoms with Crippen molar-refractivity contribution >= 4 is 5.97 Å². The number of piperidine rings is 1. The third-order valence-corrected chi connectivity index (χ3v) is 5.55. The van der Waals surface area contributed by atoms with E-state index in [1.165, 1.54) is 22.3 Å². The molecule has 1 N–H and O–H groups in total. The zero-order valence-electron chi connectivity index (χ0n) is 16.2. The summed E-state index contributed by atoms with van der Waals surface area (Å²) < 4.78 is 6.19. The average Bonchev–Trinajstić information content (AvgIpc) is 2.72. The van der Waals surface area contributed by atoms with Crippen molar-refractivity contribution in [2.75, 3.05) is 13.1 Å². The van der Waals surface area contributed by atoms with Crippen molar-refractivity contribution in [2.45, 2.75) is 51.9 Å². The third kappa shape index (κ3) is 4.96. The molecule has 0 spiro atoms. The molecule has 144 valence electrons. The van der Waals surface area contributed by atoms with Gasteiger partial charge in [-0.2, -0.15) is 0 Å². The molecule has 1 heterocycles. The number of aliphatic carboxylic acids is 1. The summed E-state index contributed by atoms with van der Waals surface area (Å²) in [5.74, 6) is -0.752. The first-order chi connectivity index (χ1) is 13.1. The molecule has 1 aliphatic heterocycles. The molecule has 0 bridgehead atoms. The average molecular weight is 367 g/mol. The molecule has 3 rings (SSSR count). The van der Waals surface area contributed by atoms with E-state index in [-0.39, 0.29) is 6.10 Å².